The second-order valence-corrected chi connectivity index (χ2v) is 7.64. The summed E-state index contributed by atoms with van der Waals surface area (Å²) in [5.74, 6) is 1.44. The molecule has 2 aromatic heterocycles. The highest BCUT2D eigenvalue weighted by atomic mass is 16.5. The molecule has 0 aliphatic heterocycles. The Morgan fingerprint density at radius 1 is 0.929 bits per heavy atom. The summed E-state index contributed by atoms with van der Waals surface area (Å²) in [4.78, 5) is 4.36. The molecule has 6 nitrogen and oxygen atoms in total. The SMILES string of the molecule is CC(C)(C)c1[nH]ncc1CNCc1ccc(OCCOc2ccccc2)nc1. The van der Waals surface area contributed by atoms with Crippen molar-refractivity contribution in [1.29, 1.82) is 0 Å². The lowest BCUT2D eigenvalue weighted by atomic mass is 9.89. The number of aromatic amines is 1. The number of hydrogen-bond donors (Lipinski definition) is 2. The van der Waals surface area contributed by atoms with Crippen molar-refractivity contribution < 1.29 is 9.47 Å². The summed E-state index contributed by atoms with van der Waals surface area (Å²) in [6, 6.07) is 13.6. The van der Waals surface area contributed by atoms with Gasteiger partial charge in [0.15, 0.2) is 0 Å². The van der Waals surface area contributed by atoms with E-state index in [0.717, 1.165) is 24.4 Å². The molecule has 2 heterocycles. The minimum atomic E-state index is 0.0539. The van der Waals surface area contributed by atoms with Gasteiger partial charge < -0.3 is 14.8 Å². The summed E-state index contributed by atoms with van der Waals surface area (Å²) < 4.78 is 11.2. The molecule has 3 aromatic rings. The van der Waals surface area contributed by atoms with Crippen LogP contribution >= 0.6 is 0 Å². The van der Waals surface area contributed by atoms with Crippen LogP contribution in [0.5, 0.6) is 11.6 Å². The highest BCUT2D eigenvalue weighted by Crippen LogP contribution is 2.23. The molecule has 28 heavy (non-hydrogen) atoms. The Labute approximate surface area is 166 Å². The third-order valence-corrected chi connectivity index (χ3v) is 4.26. The molecule has 1 aromatic carbocycles. The Kier molecular flexibility index (Phi) is 6.66. The fourth-order valence-electron chi connectivity index (χ4n) is 2.86. The van der Waals surface area contributed by atoms with Gasteiger partial charge in [-0.25, -0.2) is 4.98 Å². The number of para-hydroxylation sites is 1. The second kappa shape index (κ2) is 9.37. The lowest BCUT2D eigenvalue weighted by molar-refractivity contribution is 0.212. The lowest BCUT2D eigenvalue weighted by Crippen LogP contribution is -2.19. The van der Waals surface area contributed by atoms with Gasteiger partial charge in [0.2, 0.25) is 5.88 Å². The maximum atomic E-state index is 5.63. The normalized spacial score (nSPS) is 11.4. The predicted octanol–water partition coefficient (Wildman–Crippen LogP) is 3.85. The molecule has 0 amide bonds. The fourth-order valence-corrected chi connectivity index (χ4v) is 2.86. The molecule has 0 atom stereocenters. The summed E-state index contributed by atoms with van der Waals surface area (Å²) in [5, 5.41) is 10.7. The topological polar surface area (TPSA) is 72.1 Å². The molecule has 0 saturated carbocycles. The van der Waals surface area contributed by atoms with Gasteiger partial charge >= 0.3 is 0 Å². The quantitative estimate of drug-likeness (QED) is 0.552. The highest BCUT2D eigenvalue weighted by Gasteiger charge is 2.19. The molecule has 0 unspecified atom stereocenters. The molecule has 2 N–H and O–H groups in total. The van der Waals surface area contributed by atoms with Gasteiger partial charge in [0.1, 0.15) is 19.0 Å². The van der Waals surface area contributed by atoms with Crippen molar-refractivity contribution in [2.45, 2.75) is 39.3 Å². The van der Waals surface area contributed by atoms with Crippen LogP contribution in [0.3, 0.4) is 0 Å². The van der Waals surface area contributed by atoms with Crippen molar-refractivity contribution in [3.8, 4) is 11.6 Å². The fraction of sp³-hybridized carbons (Fsp3) is 0.364. The zero-order valence-electron chi connectivity index (χ0n) is 16.7. The molecule has 0 fully saturated rings. The smallest absolute Gasteiger partial charge is 0.213 e. The van der Waals surface area contributed by atoms with Gasteiger partial charge in [0.05, 0.1) is 6.20 Å². The number of pyridine rings is 1. The number of hydrogen-bond acceptors (Lipinski definition) is 5. The van der Waals surface area contributed by atoms with Gasteiger partial charge in [-0.2, -0.15) is 5.10 Å². The number of rotatable bonds is 9. The predicted molar refractivity (Wildman–Crippen MR) is 110 cm³/mol. The maximum Gasteiger partial charge on any atom is 0.213 e. The molecule has 0 saturated heterocycles. The van der Waals surface area contributed by atoms with E-state index >= 15 is 0 Å². The molecular formula is C22H28N4O2. The Hall–Kier alpha value is -2.86. The number of aromatic nitrogens is 3. The van der Waals surface area contributed by atoms with Gasteiger partial charge in [0, 0.05) is 42.0 Å². The average Bonchev–Trinajstić information content (AvgIpc) is 3.16. The van der Waals surface area contributed by atoms with Gasteiger partial charge in [-0.1, -0.05) is 45.0 Å². The summed E-state index contributed by atoms with van der Waals surface area (Å²) in [5.41, 5.74) is 3.52. The van der Waals surface area contributed by atoms with E-state index in [1.165, 1.54) is 11.3 Å². The van der Waals surface area contributed by atoms with Crippen molar-refractivity contribution in [1.82, 2.24) is 20.5 Å². The van der Waals surface area contributed by atoms with Crippen molar-refractivity contribution in [3.05, 3.63) is 71.7 Å². The largest absolute Gasteiger partial charge is 0.490 e. The Morgan fingerprint density at radius 2 is 1.71 bits per heavy atom. The molecule has 3 rings (SSSR count). The Morgan fingerprint density at radius 3 is 2.43 bits per heavy atom. The van der Waals surface area contributed by atoms with Crippen LogP contribution in [-0.4, -0.2) is 28.4 Å². The van der Waals surface area contributed by atoms with E-state index in [1.807, 2.05) is 54.9 Å². The number of ether oxygens (including phenoxy) is 2. The molecule has 0 radical (unpaired) electrons. The van der Waals surface area contributed by atoms with E-state index in [9.17, 15) is 0 Å². The molecule has 0 spiro atoms. The van der Waals surface area contributed by atoms with Crippen LogP contribution in [0.4, 0.5) is 0 Å². The summed E-state index contributed by atoms with van der Waals surface area (Å²) in [6.45, 7) is 8.97. The van der Waals surface area contributed by atoms with E-state index in [2.05, 4.69) is 41.3 Å². The van der Waals surface area contributed by atoms with E-state index in [1.54, 1.807) is 0 Å². The van der Waals surface area contributed by atoms with Crippen LogP contribution in [0.1, 0.15) is 37.6 Å². The van der Waals surface area contributed by atoms with Crippen molar-refractivity contribution in [3.63, 3.8) is 0 Å². The third-order valence-electron chi connectivity index (χ3n) is 4.26. The zero-order valence-corrected chi connectivity index (χ0v) is 16.7. The average molecular weight is 380 g/mol. The number of nitrogens with one attached hydrogen (secondary N) is 2. The molecule has 6 heteroatoms. The van der Waals surface area contributed by atoms with Gasteiger partial charge in [-0.15, -0.1) is 0 Å². The monoisotopic (exact) mass is 380 g/mol. The number of benzene rings is 1. The van der Waals surface area contributed by atoms with E-state index < -0.39 is 0 Å². The first-order valence-electron chi connectivity index (χ1n) is 9.51. The van der Waals surface area contributed by atoms with E-state index in [4.69, 9.17) is 9.47 Å². The van der Waals surface area contributed by atoms with Crippen molar-refractivity contribution in [2.24, 2.45) is 0 Å². The highest BCUT2D eigenvalue weighted by molar-refractivity contribution is 5.24. The van der Waals surface area contributed by atoms with Crippen LogP contribution in [0.25, 0.3) is 0 Å². The van der Waals surface area contributed by atoms with Crippen LogP contribution in [0.15, 0.2) is 54.9 Å². The summed E-state index contributed by atoms with van der Waals surface area (Å²) in [7, 11) is 0. The van der Waals surface area contributed by atoms with E-state index in [0.29, 0.717) is 19.1 Å². The molecule has 0 aliphatic carbocycles. The number of H-pyrrole nitrogens is 1. The summed E-state index contributed by atoms with van der Waals surface area (Å²) >= 11 is 0. The van der Waals surface area contributed by atoms with Crippen LogP contribution in [0.2, 0.25) is 0 Å². The van der Waals surface area contributed by atoms with Gasteiger partial charge in [0.25, 0.3) is 0 Å². The zero-order chi connectivity index (χ0) is 19.8. The minimum Gasteiger partial charge on any atom is -0.490 e. The molecule has 0 bridgehead atoms. The first kappa shape index (κ1) is 19.9. The van der Waals surface area contributed by atoms with Crippen molar-refractivity contribution >= 4 is 0 Å². The maximum absolute atomic E-state index is 5.63. The minimum absolute atomic E-state index is 0.0539. The third kappa shape index (κ3) is 5.82. The molecular weight excluding hydrogens is 352 g/mol. The van der Waals surface area contributed by atoms with E-state index in [-0.39, 0.29) is 5.41 Å². The van der Waals surface area contributed by atoms with Crippen LogP contribution < -0.4 is 14.8 Å². The second-order valence-electron chi connectivity index (χ2n) is 7.64. The lowest BCUT2D eigenvalue weighted by Gasteiger charge is -2.18. The van der Waals surface area contributed by atoms with Gasteiger partial charge in [-0.3, -0.25) is 5.10 Å². The molecule has 0 aliphatic rings. The van der Waals surface area contributed by atoms with Gasteiger partial charge in [-0.05, 0) is 17.7 Å². The van der Waals surface area contributed by atoms with Crippen molar-refractivity contribution in [2.75, 3.05) is 13.2 Å². The number of nitrogens with zero attached hydrogens (tertiary/aromatic N) is 2. The Balaban J connectivity index is 1.39. The standard InChI is InChI=1S/C22H28N4O2/c1-22(2,3)21-18(16-25-26-21)15-23-13-17-9-10-20(24-14-17)28-12-11-27-19-7-5-4-6-8-19/h4-10,14,16,23H,11-13,15H2,1-3H3,(H,25,26). The summed E-state index contributed by atoms with van der Waals surface area (Å²) in [6.07, 6.45) is 3.72. The van der Waals surface area contributed by atoms with Crippen LogP contribution in [0, 0.1) is 0 Å². The Bertz CT molecular complexity index is 839. The first-order chi connectivity index (χ1) is 13.5. The van der Waals surface area contributed by atoms with Crippen LogP contribution in [-0.2, 0) is 18.5 Å². The first-order valence-corrected chi connectivity index (χ1v) is 9.51. The molecule has 148 valence electrons.